The highest BCUT2D eigenvalue weighted by atomic mass is 16.2. The Hall–Kier alpha value is -2.20. The van der Waals surface area contributed by atoms with E-state index in [2.05, 4.69) is 40.2 Å². The first kappa shape index (κ1) is 17.2. The van der Waals surface area contributed by atoms with Gasteiger partial charge in [0.25, 0.3) is 0 Å². The molecule has 4 heteroatoms. The lowest BCUT2D eigenvalue weighted by Gasteiger charge is -2.23. The van der Waals surface area contributed by atoms with Crippen molar-refractivity contribution >= 4 is 5.91 Å². The Labute approximate surface area is 155 Å². The van der Waals surface area contributed by atoms with Gasteiger partial charge in [0.1, 0.15) is 0 Å². The van der Waals surface area contributed by atoms with Crippen LogP contribution < -0.4 is 0 Å². The van der Waals surface area contributed by atoms with E-state index in [0.29, 0.717) is 0 Å². The Morgan fingerprint density at radius 2 is 1.96 bits per heavy atom. The van der Waals surface area contributed by atoms with Crippen LogP contribution in [0.5, 0.6) is 0 Å². The maximum Gasteiger partial charge on any atom is 0.227 e. The van der Waals surface area contributed by atoms with Crippen LogP contribution in [0, 0.1) is 11.8 Å². The fourth-order valence-corrected chi connectivity index (χ4v) is 3.87. The van der Waals surface area contributed by atoms with Crippen LogP contribution in [-0.2, 0) is 11.2 Å². The quantitative estimate of drug-likeness (QED) is 0.832. The Bertz CT molecular complexity index is 757. The number of rotatable bonds is 5. The summed E-state index contributed by atoms with van der Waals surface area (Å²) >= 11 is 0. The Morgan fingerprint density at radius 1 is 1.12 bits per heavy atom. The van der Waals surface area contributed by atoms with Gasteiger partial charge in [-0.2, -0.15) is 0 Å². The van der Waals surface area contributed by atoms with Crippen molar-refractivity contribution < 1.29 is 4.79 Å². The smallest absolute Gasteiger partial charge is 0.227 e. The molecule has 2 heterocycles. The Balaban J connectivity index is 1.51. The molecule has 2 aliphatic rings. The third-order valence-electron chi connectivity index (χ3n) is 5.57. The highest BCUT2D eigenvalue weighted by Crippen LogP contribution is 2.30. The van der Waals surface area contributed by atoms with E-state index in [4.69, 9.17) is 0 Å². The summed E-state index contributed by atoms with van der Waals surface area (Å²) in [6.45, 7) is 3.90. The zero-order chi connectivity index (χ0) is 17.9. The number of nitrogens with zero attached hydrogens (tertiary/aromatic N) is 3. The summed E-state index contributed by atoms with van der Waals surface area (Å²) < 4.78 is 0. The number of carbonyl (C=O) groups excluding carboxylic acids is 1. The lowest BCUT2D eigenvalue weighted by atomic mass is 9.95. The number of benzene rings is 1. The van der Waals surface area contributed by atoms with Crippen molar-refractivity contribution in [1.29, 1.82) is 0 Å². The number of likely N-dealkylation sites (N-methyl/N-ethyl adjacent to an activating group) is 1. The molecule has 1 saturated heterocycles. The standard InChI is InChI=1S/C22H27N3O/c1-24-10-11-25(15-17-7-8-17)16-21(22(24)26)13-18-4-2-5-19(12-18)20-6-3-9-23-14-20/h2-6,9,12,14,17,21H,7-8,10-11,13,15-16H2,1H3. The highest BCUT2D eigenvalue weighted by Gasteiger charge is 2.31. The lowest BCUT2D eigenvalue weighted by Crippen LogP contribution is -2.35. The molecule has 2 fully saturated rings. The number of hydrogen-bond acceptors (Lipinski definition) is 3. The van der Waals surface area contributed by atoms with Gasteiger partial charge >= 0.3 is 0 Å². The Kier molecular flexibility index (Phi) is 5.02. The van der Waals surface area contributed by atoms with Crippen LogP contribution in [0.2, 0.25) is 0 Å². The molecule has 0 N–H and O–H groups in total. The molecule has 1 aliphatic heterocycles. The average Bonchev–Trinajstić information content (AvgIpc) is 3.50. The van der Waals surface area contributed by atoms with Crippen LogP contribution in [-0.4, -0.2) is 53.9 Å². The molecular weight excluding hydrogens is 322 g/mol. The maximum absolute atomic E-state index is 12.8. The molecule has 136 valence electrons. The fraction of sp³-hybridized carbons (Fsp3) is 0.455. The summed E-state index contributed by atoms with van der Waals surface area (Å²) in [5.41, 5.74) is 3.51. The molecule has 0 bridgehead atoms. The molecule has 26 heavy (non-hydrogen) atoms. The molecule has 0 spiro atoms. The summed E-state index contributed by atoms with van der Waals surface area (Å²) in [7, 11) is 1.95. The number of hydrogen-bond donors (Lipinski definition) is 0. The number of aromatic nitrogens is 1. The van der Waals surface area contributed by atoms with Gasteiger partial charge < -0.3 is 9.80 Å². The lowest BCUT2D eigenvalue weighted by molar-refractivity contribution is -0.133. The van der Waals surface area contributed by atoms with Gasteiger partial charge in [-0.25, -0.2) is 0 Å². The van der Waals surface area contributed by atoms with Gasteiger partial charge in [0.05, 0.1) is 5.92 Å². The molecular formula is C22H27N3O. The van der Waals surface area contributed by atoms with Crippen molar-refractivity contribution in [2.45, 2.75) is 19.3 Å². The average molecular weight is 349 g/mol. The van der Waals surface area contributed by atoms with E-state index in [1.807, 2.05) is 24.2 Å². The highest BCUT2D eigenvalue weighted by molar-refractivity contribution is 5.79. The topological polar surface area (TPSA) is 36.4 Å². The molecule has 1 aliphatic carbocycles. The number of pyridine rings is 1. The molecule has 1 atom stereocenters. The summed E-state index contributed by atoms with van der Waals surface area (Å²) in [6, 6.07) is 12.6. The number of amides is 1. The molecule has 4 rings (SSSR count). The van der Waals surface area contributed by atoms with Crippen LogP contribution in [0.4, 0.5) is 0 Å². The monoisotopic (exact) mass is 349 g/mol. The van der Waals surface area contributed by atoms with Gasteiger partial charge in [0.15, 0.2) is 0 Å². The van der Waals surface area contributed by atoms with Crippen LogP contribution in [0.25, 0.3) is 11.1 Å². The second-order valence-electron chi connectivity index (χ2n) is 7.81. The normalized spacial score (nSPS) is 21.7. The van der Waals surface area contributed by atoms with Crippen LogP contribution in [0.1, 0.15) is 18.4 Å². The molecule has 1 unspecified atom stereocenters. The van der Waals surface area contributed by atoms with E-state index in [1.165, 1.54) is 24.0 Å². The summed E-state index contributed by atoms with van der Waals surface area (Å²) in [6.07, 6.45) is 7.21. The second-order valence-corrected chi connectivity index (χ2v) is 7.81. The van der Waals surface area contributed by atoms with Crippen molar-refractivity contribution in [2.75, 3.05) is 33.2 Å². The van der Waals surface area contributed by atoms with Gasteiger partial charge in [0, 0.05) is 45.6 Å². The third kappa shape index (κ3) is 4.13. The zero-order valence-corrected chi connectivity index (χ0v) is 15.5. The van der Waals surface area contributed by atoms with Crippen LogP contribution >= 0.6 is 0 Å². The van der Waals surface area contributed by atoms with Crippen molar-refractivity contribution in [1.82, 2.24) is 14.8 Å². The molecule has 1 amide bonds. The van der Waals surface area contributed by atoms with E-state index in [0.717, 1.165) is 44.1 Å². The first-order chi connectivity index (χ1) is 12.7. The molecule has 1 saturated carbocycles. The van der Waals surface area contributed by atoms with Gasteiger partial charge in [-0.1, -0.05) is 30.3 Å². The van der Waals surface area contributed by atoms with Crippen LogP contribution in [0.3, 0.4) is 0 Å². The van der Waals surface area contributed by atoms with Crippen molar-refractivity contribution in [3.63, 3.8) is 0 Å². The largest absolute Gasteiger partial charge is 0.344 e. The van der Waals surface area contributed by atoms with Crippen LogP contribution in [0.15, 0.2) is 48.8 Å². The minimum Gasteiger partial charge on any atom is -0.344 e. The van der Waals surface area contributed by atoms with Crippen molar-refractivity contribution in [2.24, 2.45) is 11.8 Å². The zero-order valence-electron chi connectivity index (χ0n) is 15.5. The van der Waals surface area contributed by atoms with E-state index in [1.54, 1.807) is 6.20 Å². The summed E-state index contributed by atoms with van der Waals surface area (Å²) in [5, 5.41) is 0. The molecule has 2 aromatic rings. The van der Waals surface area contributed by atoms with E-state index in [-0.39, 0.29) is 11.8 Å². The fourth-order valence-electron chi connectivity index (χ4n) is 3.87. The van der Waals surface area contributed by atoms with E-state index in [9.17, 15) is 4.79 Å². The van der Waals surface area contributed by atoms with Gasteiger partial charge in [-0.05, 0) is 47.9 Å². The predicted molar refractivity (Wildman–Crippen MR) is 104 cm³/mol. The second kappa shape index (κ2) is 7.58. The minimum absolute atomic E-state index is 0.0467. The molecule has 1 aromatic carbocycles. The van der Waals surface area contributed by atoms with Crippen molar-refractivity contribution in [3.05, 3.63) is 54.4 Å². The van der Waals surface area contributed by atoms with Crippen molar-refractivity contribution in [3.8, 4) is 11.1 Å². The SMILES string of the molecule is CN1CCN(CC2CC2)CC(Cc2cccc(-c3cccnc3)c2)C1=O. The molecule has 4 nitrogen and oxygen atoms in total. The van der Waals surface area contributed by atoms with Gasteiger partial charge in [0.2, 0.25) is 5.91 Å². The maximum atomic E-state index is 12.8. The molecule has 0 radical (unpaired) electrons. The predicted octanol–water partition coefficient (Wildman–Crippen LogP) is 3.09. The number of carbonyl (C=O) groups is 1. The summed E-state index contributed by atoms with van der Waals surface area (Å²) in [4.78, 5) is 21.5. The summed E-state index contributed by atoms with van der Waals surface area (Å²) in [5.74, 6) is 1.20. The molecule has 1 aromatic heterocycles. The van der Waals surface area contributed by atoms with E-state index < -0.39 is 0 Å². The first-order valence-corrected chi connectivity index (χ1v) is 9.66. The van der Waals surface area contributed by atoms with E-state index >= 15 is 0 Å². The van der Waals surface area contributed by atoms with Gasteiger partial charge in [-0.3, -0.25) is 9.78 Å². The third-order valence-corrected chi connectivity index (χ3v) is 5.57. The first-order valence-electron chi connectivity index (χ1n) is 9.66. The van der Waals surface area contributed by atoms with Gasteiger partial charge in [-0.15, -0.1) is 0 Å². The Morgan fingerprint density at radius 3 is 2.73 bits per heavy atom. The minimum atomic E-state index is 0.0467.